The van der Waals surface area contributed by atoms with Gasteiger partial charge in [0.15, 0.2) is 5.96 Å². The van der Waals surface area contributed by atoms with Gasteiger partial charge in [0.25, 0.3) is 0 Å². The Morgan fingerprint density at radius 2 is 1.54 bits per heavy atom. The number of nitrogens with one attached hydrogen (secondary N) is 3. The third-order valence-corrected chi connectivity index (χ3v) is 3.90. The first-order valence-electron chi connectivity index (χ1n) is 9.15. The summed E-state index contributed by atoms with van der Waals surface area (Å²) >= 11 is 0. The molecule has 1 amide bonds. The van der Waals surface area contributed by atoms with Gasteiger partial charge in [-0.05, 0) is 37.1 Å². The summed E-state index contributed by atoms with van der Waals surface area (Å²) in [6.45, 7) is 6.46. The number of rotatable bonds is 8. The Morgan fingerprint density at radius 3 is 2.18 bits per heavy atom. The van der Waals surface area contributed by atoms with Crippen molar-refractivity contribution in [2.75, 3.05) is 19.6 Å². The number of guanidine groups is 1. The molecule has 3 N–H and O–H groups in total. The first-order chi connectivity index (χ1) is 13.1. The lowest BCUT2D eigenvalue weighted by atomic mass is 10.1. The van der Waals surface area contributed by atoms with E-state index in [1.165, 1.54) is 17.7 Å². The van der Waals surface area contributed by atoms with Crippen molar-refractivity contribution in [3.63, 3.8) is 0 Å². The summed E-state index contributed by atoms with van der Waals surface area (Å²) in [6.07, 6.45) is 0.238. The molecular weight excluding hydrogens is 470 g/mol. The van der Waals surface area contributed by atoms with Crippen molar-refractivity contribution in [3.05, 3.63) is 71.0 Å². The molecule has 7 heteroatoms. The van der Waals surface area contributed by atoms with Crippen LogP contribution in [0.25, 0.3) is 0 Å². The molecule has 152 valence electrons. The smallest absolute Gasteiger partial charge is 0.224 e. The van der Waals surface area contributed by atoms with Gasteiger partial charge in [-0.1, -0.05) is 42.0 Å². The molecule has 0 saturated heterocycles. The molecule has 0 unspecified atom stereocenters. The number of hydrogen-bond acceptors (Lipinski definition) is 2. The van der Waals surface area contributed by atoms with E-state index in [0.29, 0.717) is 25.6 Å². The third kappa shape index (κ3) is 9.16. The molecule has 0 aliphatic rings. The largest absolute Gasteiger partial charge is 0.357 e. The Labute approximate surface area is 183 Å². The van der Waals surface area contributed by atoms with Crippen LogP contribution in [0.1, 0.15) is 23.6 Å². The number of nitrogens with zero attached hydrogens (tertiary/aromatic N) is 1. The van der Waals surface area contributed by atoms with E-state index in [4.69, 9.17) is 0 Å². The number of benzene rings is 2. The van der Waals surface area contributed by atoms with Gasteiger partial charge in [-0.3, -0.25) is 4.79 Å². The van der Waals surface area contributed by atoms with E-state index < -0.39 is 0 Å². The van der Waals surface area contributed by atoms with E-state index in [1.54, 1.807) is 12.1 Å². The molecule has 0 radical (unpaired) electrons. The topological polar surface area (TPSA) is 65.5 Å². The number of amides is 1. The van der Waals surface area contributed by atoms with Crippen LogP contribution in [0, 0.1) is 12.7 Å². The molecule has 5 nitrogen and oxygen atoms in total. The molecule has 2 rings (SSSR count). The van der Waals surface area contributed by atoms with Crippen LogP contribution in [-0.2, 0) is 17.8 Å². The van der Waals surface area contributed by atoms with Gasteiger partial charge in [-0.2, -0.15) is 0 Å². The van der Waals surface area contributed by atoms with Gasteiger partial charge in [0, 0.05) is 19.6 Å². The van der Waals surface area contributed by atoms with Crippen molar-refractivity contribution in [1.82, 2.24) is 16.0 Å². The number of carbonyl (C=O) groups is 1. The van der Waals surface area contributed by atoms with Crippen LogP contribution < -0.4 is 16.0 Å². The zero-order chi connectivity index (χ0) is 19.5. The highest BCUT2D eigenvalue weighted by molar-refractivity contribution is 14.0. The number of aryl methyl sites for hydroxylation is 1. The fraction of sp³-hybridized carbons (Fsp3) is 0.333. The lowest BCUT2D eigenvalue weighted by Crippen LogP contribution is -2.41. The maximum Gasteiger partial charge on any atom is 0.224 e. The Morgan fingerprint density at radius 1 is 0.929 bits per heavy atom. The van der Waals surface area contributed by atoms with E-state index in [0.717, 1.165) is 17.7 Å². The molecule has 28 heavy (non-hydrogen) atoms. The average Bonchev–Trinajstić information content (AvgIpc) is 2.66. The predicted octanol–water partition coefficient (Wildman–Crippen LogP) is 3.17. The van der Waals surface area contributed by atoms with Crippen LogP contribution in [-0.4, -0.2) is 31.5 Å². The molecule has 0 aliphatic heterocycles. The number of aliphatic imine (C=N–C) groups is 1. The molecule has 0 spiro atoms. The Balaban J connectivity index is 0.00000392. The fourth-order valence-electron chi connectivity index (χ4n) is 2.44. The Bertz CT molecular complexity index is 748. The maximum atomic E-state index is 12.9. The first kappa shape index (κ1) is 23.9. The van der Waals surface area contributed by atoms with Crippen LogP contribution in [0.15, 0.2) is 53.5 Å². The second kappa shape index (κ2) is 13.1. The highest BCUT2D eigenvalue weighted by Crippen LogP contribution is 2.04. The molecule has 0 heterocycles. The molecule has 0 aliphatic carbocycles. The average molecular weight is 498 g/mol. The molecule has 2 aromatic carbocycles. The summed E-state index contributed by atoms with van der Waals surface area (Å²) in [5.74, 6) is 0.320. The molecule has 0 bridgehead atoms. The highest BCUT2D eigenvalue weighted by Gasteiger charge is 2.03. The minimum Gasteiger partial charge on any atom is -0.357 e. The quantitative estimate of drug-likeness (QED) is 0.227. The van der Waals surface area contributed by atoms with Crippen molar-refractivity contribution in [2.45, 2.75) is 26.8 Å². The summed E-state index contributed by atoms with van der Waals surface area (Å²) in [5, 5.41) is 9.24. The molecule has 0 saturated carbocycles. The first-order valence-corrected chi connectivity index (χ1v) is 9.15. The van der Waals surface area contributed by atoms with Gasteiger partial charge in [0.1, 0.15) is 5.82 Å². The zero-order valence-electron chi connectivity index (χ0n) is 16.3. The monoisotopic (exact) mass is 498 g/mol. The van der Waals surface area contributed by atoms with Crippen molar-refractivity contribution < 1.29 is 9.18 Å². The van der Waals surface area contributed by atoms with Crippen molar-refractivity contribution in [1.29, 1.82) is 0 Å². The minimum absolute atomic E-state index is 0. The van der Waals surface area contributed by atoms with E-state index in [-0.39, 0.29) is 42.1 Å². The van der Waals surface area contributed by atoms with Crippen LogP contribution in [0.4, 0.5) is 4.39 Å². The van der Waals surface area contributed by atoms with Gasteiger partial charge in [-0.15, -0.1) is 24.0 Å². The van der Waals surface area contributed by atoms with Gasteiger partial charge in [-0.25, -0.2) is 9.38 Å². The van der Waals surface area contributed by atoms with Crippen molar-refractivity contribution >= 4 is 35.8 Å². The van der Waals surface area contributed by atoms with E-state index in [9.17, 15) is 9.18 Å². The number of halogens is 2. The second-order valence-corrected chi connectivity index (χ2v) is 6.26. The summed E-state index contributed by atoms with van der Waals surface area (Å²) < 4.78 is 12.9. The Kier molecular flexibility index (Phi) is 11.2. The minimum atomic E-state index is -0.302. The lowest BCUT2D eigenvalue weighted by molar-refractivity contribution is -0.120. The summed E-state index contributed by atoms with van der Waals surface area (Å²) in [5.41, 5.74) is 3.16. The molecule has 2 aromatic rings. The van der Waals surface area contributed by atoms with Crippen LogP contribution in [0.5, 0.6) is 0 Å². The number of hydrogen-bond donors (Lipinski definition) is 3. The summed E-state index contributed by atoms with van der Waals surface area (Å²) in [4.78, 5) is 16.5. The highest BCUT2D eigenvalue weighted by atomic mass is 127. The van der Waals surface area contributed by atoms with Crippen molar-refractivity contribution in [3.8, 4) is 0 Å². The van der Waals surface area contributed by atoms with Crippen LogP contribution >= 0.6 is 24.0 Å². The van der Waals surface area contributed by atoms with Gasteiger partial charge < -0.3 is 16.0 Å². The zero-order valence-corrected chi connectivity index (χ0v) is 18.6. The van der Waals surface area contributed by atoms with E-state index in [1.807, 2.05) is 6.92 Å². The normalized spacial score (nSPS) is 10.8. The summed E-state index contributed by atoms with van der Waals surface area (Å²) in [7, 11) is 0. The van der Waals surface area contributed by atoms with Crippen LogP contribution in [0.3, 0.4) is 0 Å². The van der Waals surface area contributed by atoms with E-state index >= 15 is 0 Å². The van der Waals surface area contributed by atoms with Gasteiger partial charge >= 0.3 is 0 Å². The van der Waals surface area contributed by atoms with E-state index in [2.05, 4.69) is 52.1 Å². The molecule has 0 fully saturated rings. The van der Waals surface area contributed by atoms with Crippen LogP contribution in [0.2, 0.25) is 0 Å². The third-order valence-electron chi connectivity index (χ3n) is 3.90. The fourth-order valence-corrected chi connectivity index (χ4v) is 2.44. The standard InChI is InChI=1S/C21H27FN4O.HI/c1-3-23-21(26-15-18-6-4-16(2)5-7-18)25-13-12-24-20(27)14-17-8-10-19(22)11-9-17;/h4-11H,3,12-15H2,1-2H3,(H,24,27)(H2,23,25,26);1H. The maximum absolute atomic E-state index is 12.9. The van der Waals surface area contributed by atoms with Gasteiger partial charge in [0.2, 0.25) is 5.91 Å². The Hall–Kier alpha value is -2.16. The molecule has 0 atom stereocenters. The SMILES string of the molecule is CCNC(=NCc1ccc(C)cc1)NCCNC(=O)Cc1ccc(F)cc1.I. The van der Waals surface area contributed by atoms with Gasteiger partial charge in [0.05, 0.1) is 13.0 Å². The second-order valence-electron chi connectivity index (χ2n) is 6.26. The lowest BCUT2D eigenvalue weighted by Gasteiger charge is -2.12. The van der Waals surface area contributed by atoms with Crippen molar-refractivity contribution in [2.24, 2.45) is 4.99 Å². The molecular formula is C21H28FIN4O. The summed E-state index contributed by atoms with van der Waals surface area (Å²) in [6, 6.07) is 14.2. The molecule has 0 aromatic heterocycles. The number of carbonyl (C=O) groups excluding carboxylic acids is 1. The predicted molar refractivity (Wildman–Crippen MR) is 123 cm³/mol.